The number of aromatic nitrogens is 2. The minimum absolute atomic E-state index is 0.0568. The number of aromatic amines is 1. The molecule has 0 atom stereocenters. The molecule has 0 amide bonds. The molecule has 0 bridgehead atoms. The second-order valence-electron chi connectivity index (χ2n) is 6.47. The van der Waals surface area contributed by atoms with Crippen molar-refractivity contribution in [3.63, 3.8) is 0 Å². The van der Waals surface area contributed by atoms with E-state index in [1.807, 2.05) is 0 Å². The summed E-state index contributed by atoms with van der Waals surface area (Å²) >= 11 is 0. The van der Waals surface area contributed by atoms with Crippen LogP contribution in [0.25, 0.3) is 11.3 Å². The molecular weight excluding hydrogens is 395 g/mol. The highest BCUT2D eigenvalue weighted by molar-refractivity contribution is 5.71. The van der Waals surface area contributed by atoms with Gasteiger partial charge in [0.15, 0.2) is 17.1 Å². The van der Waals surface area contributed by atoms with E-state index in [-0.39, 0.29) is 34.0 Å². The highest BCUT2D eigenvalue weighted by Gasteiger charge is 2.35. The molecule has 3 rings (SSSR count). The van der Waals surface area contributed by atoms with Crippen molar-refractivity contribution in [1.29, 1.82) is 0 Å². The van der Waals surface area contributed by atoms with Gasteiger partial charge < -0.3 is 9.72 Å². The Kier molecular flexibility index (Phi) is 5.16. The van der Waals surface area contributed by atoms with E-state index in [9.17, 15) is 26.7 Å². The average molecular weight is 410 g/mol. The van der Waals surface area contributed by atoms with Crippen LogP contribution in [0.15, 0.2) is 35.3 Å². The number of benzene rings is 1. The summed E-state index contributed by atoms with van der Waals surface area (Å²) in [5.41, 5.74) is -1.48. The molecule has 1 aromatic carbocycles. The van der Waals surface area contributed by atoms with Crippen LogP contribution in [0.4, 0.5) is 22.0 Å². The summed E-state index contributed by atoms with van der Waals surface area (Å²) in [6.07, 6.45) is -4.09. The molecule has 0 aliphatic heterocycles. The molecule has 0 aliphatic rings. The summed E-state index contributed by atoms with van der Waals surface area (Å²) in [6.45, 7) is 4.05. The van der Waals surface area contributed by atoms with Gasteiger partial charge in [-0.2, -0.15) is 13.2 Å². The monoisotopic (exact) mass is 410 g/mol. The third-order valence-corrected chi connectivity index (χ3v) is 4.35. The standard InChI is InChI=1S/C20H15F5N2O2/c1-9-6-12(28)7-15(27-9)17-10(2)13(20(23,24)25)8-26-19(17)29-16-5-4-14(21)18(22)11(16)3/h4-8H,1-3H3,(H,27,28). The van der Waals surface area contributed by atoms with E-state index in [0.29, 0.717) is 11.9 Å². The van der Waals surface area contributed by atoms with Gasteiger partial charge in [-0.3, -0.25) is 4.79 Å². The Morgan fingerprint density at radius 1 is 1.03 bits per heavy atom. The van der Waals surface area contributed by atoms with Crippen molar-refractivity contribution in [3.8, 4) is 22.9 Å². The van der Waals surface area contributed by atoms with E-state index >= 15 is 0 Å². The number of ether oxygens (including phenoxy) is 1. The van der Waals surface area contributed by atoms with Crippen molar-refractivity contribution < 1.29 is 26.7 Å². The maximum Gasteiger partial charge on any atom is 0.418 e. The van der Waals surface area contributed by atoms with E-state index in [0.717, 1.165) is 18.2 Å². The highest BCUT2D eigenvalue weighted by Crippen LogP contribution is 2.40. The first-order valence-electron chi connectivity index (χ1n) is 8.39. The zero-order valence-corrected chi connectivity index (χ0v) is 15.5. The van der Waals surface area contributed by atoms with Gasteiger partial charge in [-0.25, -0.2) is 13.8 Å². The molecule has 152 valence electrons. The van der Waals surface area contributed by atoms with Crippen molar-refractivity contribution in [3.05, 3.63) is 74.7 Å². The first-order valence-corrected chi connectivity index (χ1v) is 8.39. The van der Waals surface area contributed by atoms with Crippen LogP contribution in [0.3, 0.4) is 0 Å². The number of hydrogen-bond donors (Lipinski definition) is 1. The Bertz CT molecular complexity index is 1150. The Labute approximate surface area is 162 Å². The quantitative estimate of drug-likeness (QED) is 0.584. The highest BCUT2D eigenvalue weighted by atomic mass is 19.4. The van der Waals surface area contributed by atoms with Gasteiger partial charge in [-0.05, 0) is 38.5 Å². The second kappa shape index (κ2) is 7.31. The molecule has 4 nitrogen and oxygen atoms in total. The molecule has 0 spiro atoms. The number of nitrogens with zero attached hydrogens (tertiary/aromatic N) is 1. The number of aryl methyl sites for hydroxylation is 1. The van der Waals surface area contributed by atoms with Gasteiger partial charge in [0.05, 0.1) is 16.8 Å². The van der Waals surface area contributed by atoms with E-state index in [4.69, 9.17) is 4.74 Å². The van der Waals surface area contributed by atoms with E-state index in [2.05, 4.69) is 9.97 Å². The van der Waals surface area contributed by atoms with Gasteiger partial charge in [0.2, 0.25) is 5.88 Å². The lowest BCUT2D eigenvalue weighted by Crippen LogP contribution is -2.11. The number of pyridine rings is 2. The van der Waals surface area contributed by atoms with Crippen LogP contribution in [0.2, 0.25) is 0 Å². The summed E-state index contributed by atoms with van der Waals surface area (Å²) in [5.74, 6) is -2.64. The Morgan fingerprint density at radius 3 is 2.34 bits per heavy atom. The van der Waals surface area contributed by atoms with Crippen molar-refractivity contribution in [2.75, 3.05) is 0 Å². The molecule has 0 unspecified atom stereocenters. The van der Waals surface area contributed by atoms with Crippen LogP contribution < -0.4 is 10.2 Å². The topological polar surface area (TPSA) is 55.0 Å². The molecule has 3 aromatic rings. The minimum Gasteiger partial charge on any atom is -0.438 e. The lowest BCUT2D eigenvalue weighted by atomic mass is 10.0. The Hall–Kier alpha value is -3.23. The third-order valence-electron chi connectivity index (χ3n) is 4.35. The largest absolute Gasteiger partial charge is 0.438 e. The number of rotatable bonds is 3. The van der Waals surface area contributed by atoms with E-state index in [1.54, 1.807) is 6.92 Å². The van der Waals surface area contributed by atoms with Gasteiger partial charge >= 0.3 is 6.18 Å². The molecule has 0 saturated carbocycles. The second-order valence-corrected chi connectivity index (χ2v) is 6.47. The normalized spacial score (nSPS) is 11.6. The fraction of sp³-hybridized carbons (Fsp3) is 0.200. The maximum atomic E-state index is 13.9. The van der Waals surface area contributed by atoms with Crippen LogP contribution in [0.1, 0.15) is 22.4 Å². The van der Waals surface area contributed by atoms with Crippen molar-refractivity contribution >= 4 is 0 Å². The summed E-state index contributed by atoms with van der Waals surface area (Å²) in [7, 11) is 0. The number of alkyl halides is 3. The van der Waals surface area contributed by atoms with Gasteiger partial charge in [-0.15, -0.1) is 0 Å². The SMILES string of the molecule is Cc1cc(=O)cc(-c2c(Oc3ccc(F)c(F)c3C)ncc(C(F)(F)F)c2C)[nH]1. The van der Waals surface area contributed by atoms with Crippen LogP contribution in [-0.4, -0.2) is 9.97 Å². The fourth-order valence-corrected chi connectivity index (χ4v) is 2.93. The van der Waals surface area contributed by atoms with Crippen LogP contribution in [0, 0.1) is 32.4 Å². The van der Waals surface area contributed by atoms with Gasteiger partial charge in [-0.1, -0.05) is 0 Å². The number of H-pyrrole nitrogens is 1. The van der Waals surface area contributed by atoms with Gasteiger partial charge in [0, 0.05) is 29.6 Å². The van der Waals surface area contributed by atoms with Crippen molar-refractivity contribution in [1.82, 2.24) is 9.97 Å². The smallest absolute Gasteiger partial charge is 0.418 e. The first kappa shape index (κ1) is 20.5. The summed E-state index contributed by atoms with van der Waals surface area (Å²) < 4.78 is 72.9. The summed E-state index contributed by atoms with van der Waals surface area (Å²) in [4.78, 5) is 18.5. The maximum absolute atomic E-state index is 13.9. The molecule has 2 heterocycles. The predicted octanol–water partition coefficient (Wildman–Crippen LogP) is 5.45. The molecule has 0 radical (unpaired) electrons. The molecule has 0 fully saturated rings. The molecule has 0 saturated heterocycles. The first-order chi connectivity index (χ1) is 13.5. The van der Waals surface area contributed by atoms with Crippen LogP contribution >= 0.6 is 0 Å². The lowest BCUT2D eigenvalue weighted by molar-refractivity contribution is -0.138. The summed E-state index contributed by atoms with van der Waals surface area (Å²) in [5, 5.41) is 0. The van der Waals surface area contributed by atoms with Crippen molar-refractivity contribution in [2.45, 2.75) is 26.9 Å². The summed E-state index contributed by atoms with van der Waals surface area (Å²) in [6, 6.07) is 4.37. The minimum atomic E-state index is -4.69. The van der Waals surface area contributed by atoms with Crippen LogP contribution in [-0.2, 0) is 6.18 Å². The predicted molar refractivity (Wildman–Crippen MR) is 95.9 cm³/mol. The molecule has 1 N–H and O–H groups in total. The van der Waals surface area contributed by atoms with E-state index < -0.39 is 28.8 Å². The number of hydrogen-bond acceptors (Lipinski definition) is 3. The Balaban J connectivity index is 2.26. The molecule has 2 aromatic heterocycles. The van der Waals surface area contributed by atoms with Gasteiger partial charge in [0.1, 0.15) is 5.75 Å². The average Bonchev–Trinajstić information content (AvgIpc) is 2.60. The van der Waals surface area contributed by atoms with E-state index in [1.165, 1.54) is 19.9 Å². The third kappa shape index (κ3) is 3.98. The van der Waals surface area contributed by atoms with Gasteiger partial charge in [0.25, 0.3) is 0 Å². The molecule has 0 aliphatic carbocycles. The zero-order chi connectivity index (χ0) is 21.5. The number of halogens is 5. The Morgan fingerprint density at radius 2 is 1.72 bits per heavy atom. The zero-order valence-electron chi connectivity index (χ0n) is 15.5. The molecule has 9 heteroatoms. The fourth-order valence-electron chi connectivity index (χ4n) is 2.93. The molecular formula is C20H15F5N2O2. The number of nitrogens with one attached hydrogen (secondary N) is 1. The van der Waals surface area contributed by atoms with Crippen molar-refractivity contribution in [2.24, 2.45) is 0 Å². The van der Waals surface area contributed by atoms with Crippen LogP contribution in [0.5, 0.6) is 11.6 Å². The lowest BCUT2D eigenvalue weighted by Gasteiger charge is -2.18. The molecule has 29 heavy (non-hydrogen) atoms.